The Morgan fingerprint density at radius 3 is 2.28 bits per heavy atom. The Labute approximate surface area is 216 Å². The van der Waals surface area contributed by atoms with Crippen LogP contribution in [0.4, 0.5) is 39.5 Å². The average Bonchev–Trinajstić information content (AvgIpc) is 2.84. The second-order valence-electron chi connectivity index (χ2n) is 7.95. The van der Waals surface area contributed by atoms with E-state index in [1.54, 1.807) is 0 Å². The zero-order valence-corrected chi connectivity index (χ0v) is 20.3. The lowest BCUT2D eigenvalue weighted by Gasteiger charge is -2.22. The van der Waals surface area contributed by atoms with E-state index in [0.29, 0.717) is 11.0 Å². The van der Waals surface area contributed by atoms with Crippen molar-refractivity contribution >= 4 is 47.7 Å². The van der Waals surface area contributed by atoms with E-state index >= 15 is 0 Å². The molecule has 0 fully saturated rings. The molecular weight excluding hydrogens is 547 g/mol. The minimum absolute atomic E-state index is 0.0622. The molecule has 15 heteroatoms. The van der Waals surface area contributed by atoms with Gasteiger partial charge in [-0.05, 0) is 47.9 Å². The van der Waals surface area contributed by atoms with Gasteiger partial charge in [-0.25, -0.2) is 36.8 Å². The highest BCUT2D eigenvalue weighted by Gasteiger charge is 2.26. The molecule has 0 saturated heterocycles. The van der Waals surface area contributed by atoms with Crippen molar-refractivity contribution in [2.75, 3.05) is 16.8 Å². The molecule has 10 nitrogen and oxygen atoms in total. The quantitative estimate of drug-likeness (QED) is 0.187. The van der Waals surface area contributed by atoms with E-state index in [1.807, 2.05) is 0 Å². The number of amides is 3. The number of rotatable bonds is 7. The van der Waals surface area contributed by atoms with E-state index in [9.17, 15) is 31.7 Å². The standard InChI is InChI=1S/C24H17F4N4O6P/c25-13-4-6-16(19(28)10-13)22-15-7-5-14(30-21(33)11-38-39(35,36)37)8-12(15)9-20(31-22)32(24(29)34)23-17(26)2-1-3-18(23)27/h1-10H,11H2,(H2,29,34)(H,30,33)(H2,35,36,37). The molecule has 1 heterocycles. The number of aromatic nitrogens is 1. The van der Waals surface area contributed by atoms with Crippen LogP contribution in [0.5, 0.6) is 0 Å². The number of benzene rings is 3. The summed E-state index contributed by atoms with van der Waals surface area (Å²) >= 11 is 0. The number of anilines is 3. The van der Waals surface area contributed by atoms with Gasteiger partial charge < -0.3 is 20.8 Å². The normalized spacial score (nSPS) is 11.4. The van der Waals surface area contributed by atoms with Crippen molar-refractivity contribution in [2.24, 2.45) is 5.73 Å². The smallest absolute Gasteiger partial charge is 0.351 e. The predicted molar refractivity (Wildman–Crippen MR) is 132 cm³/mol. The zero-order chi connectivity index (χ0) is 28.5. The van der Waals surface area contributed by atoms with Crippen LogP contribution in [0.2, 0.25) is 0 Å². The third-order valence-corrected chi connectivity index (χ3v) is 5.73. The first-order valence-electron chi connectivity index (χ1n) is 10.8. The number of phosphoric acid groups is 1. The molecular formula is C24H17F4N4O6P. The van der Waals surface area contributed by atoms with E-state index in [4.69, 9.17) is 15.5 Å². The summed E-state index contributed by atoms with van der Waals surface area (Å²) < 4.78 is 72.6. The number of carbonyl (C=O) groups is 2. The molecule has 202 valence electrons. The molecule has 4 aromatic rings. The fraction of sp³-hybridized carbons (Fsp3) is 0.0417. The highest BCUT2D eigenvalue weighted by Crippen LogP contribution is 2.37. The minimum Gasteiger partial charge on any atom is -0.351 e. The molecule has 1 aromatic heterocycles. The van der Waals surface area contributed by atoms with Crippen LogP contribution in [0.1, 0.15) is 0 Å². The lowest BCUT2D eigenvalue weighted by Crippen LogP contribution is -2.33. The van der Waals surface area contributed by atoms with Crippen LogP contribution < -0.4 is 16.0 Å². The lowest BCUT2D eigenvalue weighted by atomic mass is 10.0. The number of phosphoric ester groups is 1. The van der Waals surface area contributed by atoms with Crippen molar-refractivity contribution in [2.45, 2.75) is 0 Å². The molecule has 0 unspecified atom stereocenters. The summed E-state index contributed by atoms with van der Waals surface area (Å²) in [5, 5.41) is 2.69. The Morgan fingerprint density at radius 2 is 1.67 bits per heavy atom. The van der Waals surface area contributed by atoms with Crippen LogP contribution >= 0.6 is 7.82 Å². The van der Waals surface area contributed by atoms with Crippen molar-refractivity contribution in [3.8, 4) is 11.3 Å². The number of nitrogens with zero attached hydrogens (tertiary/aromatic N) is 2. The lowest BCUT2D eigenvalue weighted by molar-refractivity contribution is -0.118. The first-order valence-corrected chi connectivity index (χ1v) is 12.3. The average molecular weight is 564 g/mol. The van der Waals surface area contributed by atoms with Crippen molar-refractivity contribution in [1.82, 2.24) is 4.98 Å². The maximum atomic E-state index is 14.8. The highest BCUT2D eigenvalue weighted by atomic mass is 31.2. The number of fused-ring (bicyclic) bond motifs is 1. The predicted octanol–water partition coefficient (Wildman–Crippen LogP) is 4.72. The molecule has 4 rings (SSSR count). The maximum absolute atomic E-state index is 14.8. The molecule has 0 saturated carbocycles. The number of carbonyl (C=O) groups excluding carboxylic acids is 2. The molecule has 0 spiro atoms. The zero-order valence-electron chi connectivity index (χ0n) is 19.4. The highest BCUT2D eigenvalue weighted by molar-refractivity contribution is 7.46. The van der Waals surface area contributed by atoms with Crippen molar-refractivity contribution in [3.63, 3.8) is 0 Å². The third-order valence-electron chi connectivity index (χ3n) is 5.26. The SMILES string of the molecule is NC(=O)N(c1cc2cc(NC(=O)COP(=O)(O)O)ccc2c(-c2ccc(F)cc2F)n1)c1c(F)cccc1F. The van der Waals surface area contributed by atoms with E-state index < -0.39 is 61.1 Å². The molecule has 0 atom stereocenters. The molecule has 0 bridgehead atoms. The fourth-order valence-corrected chi connectivity index (χ4v) is 3.99. The number of nitrogens with one attached hydrogen (secondary N) is 1. The summed E-state index contributed by atoms with van der Waals surface area (Å²) in [5.41, 5.74) is 4.25. The minimum atomic E-state index is -4.92. The number of halogens is 4. The number of nitrogens with two attached hydrogens (primary N) is 1. The topological polar surface area (TPSA) is 155 Å². The Hall–Kier alpha value is -4.36. The first-order chi connectivity index (χ1) is 18.3. The summed E-state index contributed by atoms with van der Waals surface area (Å²) in [6, 6.07) is 9.30. The van der Waals surface area contributed by atoms with Crippen LogP contribution in [0.15, 0.2) is 60.7 Å². The first kappa shape index (κ1) is 27.7. The van der Waals surface area contributed by atoms with Crippen LogP contribution in [0, 0.1) is 23.3 Å². The molecule has 5 N–H and O–H groups in total. The summed E-state index contributed by atoms with van der Waals surface area (Å²) in [7, 11) is -4.92. The third kappa shape index (κ3) is 6.21. The Kier molecular flexibility index (Phi) is 7.65. The van der Waals surface area contributed by atoms with E-state index in [0.717, 1.165) is 30.3 Å². The van der Waals surface area contributed by atoms with E-state index in [-0.39, 0.29) is 27.7 Å². The van der Waals surface area contributed by atoms with E-state index in [2.05, 4.69) is 14.8 Å². The van der Waals surface area contributed by atoms with Crippen LogP contribution in [0.3, 0.4) is 0 Å². The molecule has 39 heavy (non-hydrogen) atoms. The molecule has 3 amide bonds. The number of hydrogen-bond acceptors (Lipinski definition) is 5. The molecule has 3 aromatic carbocycles. The summed E-state index contributed by atoms with van der Waals surface area (Å²) in [4.78, 5) is 46.6. The van der Waals surface area contributed by atoms with Crippen LogP contribution in [0.25, 0.3) is 22.0 Å². The number of para-hydroxylation sites is 1. The van der Waals surface area contributed by atoms with Gasteiger partial charge in [-0.2, -0.15) is 0 Å². The van der Waals surface area contributed by atoms with Gasteiger partial charge in [0.25, 0.3) is 5.91 Å². The number of urea groups is 1. The number of hydrogen-bond donors (Lipinski definition) is 4. The van der Waals surface area contributed by atoms with Crippen molar-refractivity contribution in [1.29, 1.82) is 0 Å². The Bertz CT molecular complexity index is 1650. The monoisotopic (exact) mass is 564 g/mol. The summed E-state index contributed by atoms with van der Waals surface area (Å²) in [5.74, 6) is -5.61. The van der Waals surface area contributed by atoms with Gasteiger partial charge in [0.2, 0.25) is 0 Å². The van der Waals surface area contributed by atoms with E-state index in [1.165, 1.54) is 24.3 Å². The van der Waals surface area contributed by atoms with Gasteiger partial charge >= 0.3 is 13.9 Å². The molecule has 0 aliphatic rings. The van der Waals surface area contributed by atoms with Gasteiger partial charge in [0.05, 0.1) is 5.69 Å². The summed E-state index contributed by atoms with van der Waals surface area (Å²) in [6.45, 7) is -0.988. The molecule has 0 radical (unpaired) electrons. The number of pyridine rings is 1. The van der Waals surface area contributed by atoms with Gasteiger partial charge in [0, 0.05) is 22.7 Å². The second-order valence-corrected chi connectivity index (χ2v) is 9.18. The number of primary amides is 1. The maximum Gasteiger partial charge on any atom is 0.470 e. The van der Waals surface area contributed by atoms with Gasteiger partial charge in [-0.3, -0.25) is 9.32 Å². The Balaban J connectivity index is 1.91. The van der Waals surface area contributed by atoms with Gasteiger partial charge in [-0.15, -0.1) is 0 Å². The van der Waals surface area contributed by atoms with Gasteiger partial charge in [0.15, 0.2) is 0 Å². The Morgan fingerprint density at radius 1 is 0.974 bits per heavy atom. The van der Waals surface area contributed by atoms with Gasteiger partial charge in [0.1, 0.15) is 41.4 Å². The van der Waals surface area contributed by atoms with Crippen LogP contribution in [-0.4, -0.2) is 33.3 Å². The molecule has 0 aliphatic carbocycles. The van der Waals surface area contributed by atoms with Crippen molar-refractivity contribution < 1.29 is 46.0 Å². The largest absolute Gasteiger partial charge is 0.470 e. The fourth-order valence-electron chi connectivity index (χ4n) is 3.70. The van der Waals surface area contributed by atoms with Crippen molar-refractivity contribution in [3.05, 3.63) is 83.9 Å². The summed E-state index contributed by atoms with van der Waals surface area (Å²) in [6.07, 6.45) is 0. The molecule has 0 aliphatic heterocycles. The van der Waals surface area contributed by atoms with Gasteiger partial charge in [-0.1, -0.05) is 12.1 Å². The second kappa shape index (κ2) is 10.8. The van der Waals surface area contributed by atoms with Crippen LogP contribution in [-0.2, 0) is 13.9 Å².